The molecule has 0 aliphatic carbocycles. The van der Waals surface area contributed by atoms with Crippen molar-refractivity contribution < 1.29 is 4.79 Å². The largest absolute Gasteiger partial charge is 0.331 e. The third-order valence-corrected chi connectivity index (χ3v) is 5.39. The van der Waals surface area contributed by atoms with E-state index in [4.69, 9.17) is 0 Å². The van der Waals surface area contributed by atoms with E-state index in [9.17, 15) is 4.79 Å². The van der Waals surface area contributed by atoms with Crippen LogP contribution >= 0.6 is 11.8 Å². The molecular formula is C17H23N5OS. The molecule has 24 heavy (non-hydrogen) atoms. The zero-order valence-electron chi connectivity index (χ0n) is 14.3. The first-order valence-corrected chi connectivity index (χ1v) is 9.59. The van der Waals surface area contributed by atoms with E-state index in [-0.39, 0.29) is 17.2 Å². The standard InChI is InChI=1S/C17H23N5OS/c1-12-7-9-14(10-8-12)22-19-16(18-20-22)15-6-4-5-11-21(15)17(23)13(2)24-3/h7-10,13,15H,4-6,11H2,1-3H3. The lowest BCUT2D eigenvalue weighted by atomic mass is 10.0. The fourth-order valence-electron chi connectivity index (χ4n) is 2.94. The number of amides is 1. The van der Waals surface area contributed by atoms with Gasteiger partial charge in [-0.2, -0.15) is 11.8 Å². The summed E-state index contributed by atoms with van der Waals surface area (Å²) in [5, 5.41) is 12.9. The number of likely N-dealkylation sites (tertiary alicyclic amines) is 1. The Kier molecular flexibility index (Phi) is 5.18. The second-order valence-corrected chi connectivity index (χ2v) is 7.37. The minimum Gasteiger partial charge on any atom is -0.331 e. The topological polar surface area (TPSA) is 63.9 Å². The maximum absolute atomic E-state index is 12.6. The van der Waals surface area contributed by atoms with Gasteiger partial charge in [0.1, 0.15) is 0 Å². The molecule has 0 N–H and O–H groups in total. The smallest absolute Gasteiger partial charge is 0.236 e. The SMILES string of the molecule is CSC(C)C(=O)N1CCCCC1c1nnn(-c2ccc(C)cc2)n1. The first kappa shape index (κ1) is 17.0. The number of hydrogen-bond acceptors (Lipinski definition) is 5. The Labute approximate surface area is 146 Å². The number of carbonyl (C=O) groups excluding carboxylic acids is 1. The number of aryl methyl sites for hydroxylation is 1. The Morgan fingerprint density at radius 3 is 2.75 bits per heavy atom. The lowest BCUT2D eigenvalue weighted by Gasteiger charge is -2.35. The van der Waals surface area contributed by atoms with Crippen LogP contribution in [-0.2, 0) is 4.79 Å². The Morgan fingerprint density at radius 2 is 2.04 bits per heavy atom. The van der Waals surface area contributed by atoms with Gasteiger partial charge in [0.2, 0.25) is 5.91 Å². The lowest BCUT2D eigenvalue weighted by Crippen LogP contribution is -2.42. The number of aromatic nitrogens is 4. The molecule has 2 aromatic rings. The van der Waals surface area contributed by atoms with Gasteiger partial charge in [-0.05, 0) is 56.7 Å². The molecule has 1 aromatic carbocycles. The van der Waals surface area contributed by atoms with Gasteiger partial charge in [-0.25, -0.2) is 0 Å². The van der Waals surface area contributed by atoms with Crippen LogP contribution in [0.2, 0.25) is 0 Å². The quantitative estimate of drug-likeness (QED) is 0.852. The van der Waals surface area contributed by atoms with Crippen molar-refractivity contribution in [1.82, 2.24) is 25.1 Å². The minimum absolute atomic E-state index is 0.0438. The Bertz CT molecular complexity index is 699. The molecule has 0 radical (unpaired) electrons. The van der Waals surface area contributed by atoms with Crippen molar-refractivity contribution in [1.29, 1.82) is 0 Å². The van der Waals surface area contributed by atoms with Crippen LogP contribution in [0.1, 0.15) is 43.6 Å². The summed E-state index contributed by atoms with van der Waals surface area (Å²) in [6.07, 6.45) is 4.98. The van der Waals surface area contributed by atoms with Gasteiger partial charge in [0.25, 0.3) is 0 Å². The molecular weight excluding hydrogens is 322 g/mol. The molecule has 2 unspecified atom stereocenters. The van der Waals surface area contributed by atoms with Crippen LogP contribution in [-0.4, -0.2) is 49.1 Å². The third kappa shape index (κ3) is 3.45. The predicted octanol–water partition coefficient (Wildman–Crippen LogP) is 2.78. The number of nitrogens with zero attached hydrogens (tertiary/aromatic N) is 5. The van der Waals surface area contributed by atoms with Gasteiger partial charge < -0.3 is 4.90 Å². The van der Waals surface area contributed by atoms with E-state index >= 15 is 0 Å². The summed E-state index contributed by atoms with van der Waals surface area (Å²) in [4.78, 5) is 16.1. The Balaban J connectivity index is 1.84. The highest BCUT2D eigenvalue weighted by Gasteiger charge is 2.33. The number of hydrogen-bond donors (Lipinski definition) is 0. The Morgan fingerprint density at radius 1 is 1.29 bits per heavy atom. The van der Waals surface area contributed by atoms with Crippen molar-refractivity contribution in [3.8, 4) is 5.69 Å². The number of tetrazole rings is 1. The molecule has 1 aliphatic heterocycles. The van der Waals surface area contributed by atoms with Crippen LogP contribution in [0.5, 0.6) is 0 Å². The first-order chi connectivity index (χ1) is 11.6. The van der Waals surface area contributed by atoms with Crippen LogP contribution in [0.3, 0.4) is 0 Å². The summed E-state index contributed by atoms with van der Waals surface area (Å²) in [7, 11) is 0. The Hall–Kier alpha value is -1.89. The molecule has 128 valence electrons. The van der Waals surface area contributed by atoms with E-state index in [1.165, 1.54) is 5.56 Å². The van der Waals surface area contributed by atoms with Crippen molar-refractivity contribution >= 4 is 17.7 Å². The molecule has 2 heterocycles. The van der Waals surface area contributed by atoms with Gasteiger partial charge in [0.15, 0.2) is 5.82 Å². The number of rotatable bonds is 4. The lowest BCUT2D eigenvalue weighted by molar-refractivity contribution is -0.134. The number of carbonyl (C=O) groups is 1. The van der Waals surface area contributed by atoms with Crippen LogP contribution in [0.25, 0.3) is 5.69 Å². The minimum atomic E-state index is -0.0694. The van der Waals surface area contributed by atoms with Crippen LogP contribution in [0.4, 0.5) is 0 Å². The summed E-state index contributed by atoms with van der Waals surface area (Å²) in [6.45, 7) is 4.77. The normalized spacial score (nSPS) is 19.3. The molecule has 2 atom stereocenters. The molecule has 1 aromatic heterocycles. The fraction of sp³-hybridized carbons (Fsp3) is 0.529. The highest BCUT2D eigenvalue weighted by Crippen LogP contribution is 2.30. The number of thioether (sulfide) groups is 1. The zero-order chi connectivity index (χ0) is 17.1. The monoisotopic (exact) mass is 345 g/mol. The maximum Gasteiger partial charge on any atom is 0.236 e. The average Bonchev–Trinajstić information content (AvgIpc) is 3.11. The highest BCUT2D eigenvalue weighted by molar-refractivity contribution is 7.99. The fourth-order valence-corrected chi connectivity index (χ4v) is 3.28. The summed E-state index contributed by atoms with van der Waals surface area (Å²) >= 11 is 1.57. The third-order valence-electron chi connectivity index (χ3n) is 4.48. The molecule has 6 nitrogen and oxygen atoms in total. The van der Waals surface area contributed by atoms with E-state index < -0.39 is 0 Å². The molecule has 1 aliphatic rings. The molecule has 1 fully saturated rings. The summed E-state index contributed by atoms with van der Waals surface area (Å²) in [6, 6.07) is 7.92. The van der Waals surface area contributed by atoms with Crippen molar-refractivity contribution in [2.75, 3.05) is 12.8 Å². The van der Waals surface area contributed by atoms with E-state index in [2.05, 4.69) is 15.4 Å². The van der Waals surface area contributed by atoms with Crippen molar-refractivity contribution in [3.63, 3.8) is 0 Å². The van der Waals surface area contributed by atoms with Crippen molar-refractivity contribution in [2.24, 2.45) is 0 Å². The molecule has 0 spiro atoms. The van der Waals surface area contributed by atoms with E-state index in [1.54, 1.807) is 16.6 Å². The number of piperidine rings is 1. The maximum atomic E-state index is 12.6. The summed E-state index contributed by atoms with van der Waals surface area (Å²) in [5.41, 5.74) is 2.07. The van der Waals surface area contributed by atoms with Crippen LogP contribution in [0.15, 0.2) is 24.3 Å². The highest BCUT2D eigenvalue weighted by atomic mass is 32.2. The average molecular weight is 345 g/mol. The van der Waals surface area contributed by atoms with Crippen LogP contribution in [0, 0.1) is 6.92 Å². The molecule has 7 heteroatoms. The van der Waals surface area contributed by atoms with Gasteiger partial charge in [-0.1, -0.05) is 17.7 Å². The second-order valence-electron chi connectivity index (χ2n) is 6.19. The second kappa shape index (κ2) is 7.34. The van der Waals surface area contributed by atoms with Gasteiger partial charge in [0, 0.05) is 6.54 Å². The predicted molar refractivity (Wildman–Crippen MR) is 95.2 cm³/mol. The molecule has 1 amide bonds. The van der Waals surface area contributed by atoms with E-state index in [0.717, 1.165) is 31.5 Å². The zero-order valence-corrected chi connectivity index (χ0v) is 15.2. The molecule has 0 saturated carbocycles. The first-order valence-electron chi connectivity index (χ1n) is 8.30. The van der Waals surface area contributed by atoms with Gasteiger partial charge in [-0.15, -0.1) is 15.0 Å². The van der Waals surface area contributed by atoms with Crippen molar-refractivity contribution in [2.45, 2.75) is 44.4 Å². The molecule has 3 rings (SSSR count). The molecule has 0 bridgehead atoms. The van der Waals surface area contributed by atoms with Gasteiger partial charge >= 0.3 is 0 Å². The van der Waals surface area contributed by atoms with E-state index in [1.807, 2.05) is 49.3 Å². The summed E-state index contributed by atoms with van der Waals surface area (Å²) in [5.74, 6) is 0.802. The van der Waals surface area contributed by atoms with Gasteiger partial charge in [-0.3, -0.25) is 4.79 Å². The van der Waals surface area contributed by atoms with E-state index in [0.29, 0.717) is 5.82 Å². The van der Waals surface area contributed by atoms with Gasteiger partial charge in [0.05, 0.1) is 17.0 Å². The molecule has 1 saturated heterocycles. The van der Waals surface area contributed by atoms with Crippen molar-refractivity contribution in [3.05, 3.63) is 35.7 Å². The number of benzene rings is 1. The summed E-state index contributed by atoms with van der Waals surface area (Å²) < 4.78 is 0. The van der Waals surface area contributed by atoms with Crippen LogP contribution < -0.4 is 0 Å².